The highest BCUT2D eigenvalue weighted by Crippen LogP contribution is 2.25. The number of sulfonamides is 1. The van der Waals surface area contributed by atoms with Crippen molar-refractivity contribution < 1.29 is 17.9 Å². The van der Waals surface area contributed by atoms with E-state index in [2.05, 4.69) is 10.0 Å². The molecule has 0 radical (unpaired) electrons. The second-order valence-electron chi connectivity index (χ2n) is 6.29. The maximum absolute atomic E-state index is 12.2. The van der Waals surface area contributed by atoms with Crippen LogP contribution in [-0.2, 0) is 21.2 Å². The molecular formula is C20H26N2O4S. The van der Waals surface area contributed by atoms with E-state index < -0.39 is 10.0 Å². The van der Waals surface area contributed by atoms with Gasteiger partial charge in [-0.1, -0.05) is 25.1 Å². The van der Waals surface area contributed by atoms with Crippen LogP contribution < -0.4 is 14.8 Å². The van der Waals surface area contributed by atoms with Crippen LogP contribution in [0.5, 0.6) is 5.75 Å². The van der Waals surface area contributed by atoms with Crippen LogP contribution in [0.15, 0.2) is 47.4 Å². The van der Waals surface area contributed by atoms with Crippen molar-refractivity contribution in [2.45, 2.75) is 38.0 Å². The molecule has 6 nitrogen and oxygen atoms in total. The molecule has 1 amide bonds. The van der Waals surface area contributed by atoms with E-state index in [0.717, 1.165) is 17.5 Å². The van der Waals surface area contributed by atoms with Crippen molar-refractivity contribution in [2.75, 3.05) is 19.0 Å². The lowest BCUT2D eigenvalue weighted by molar-refractivity contribution is -0.116. The molecule has 2 aromatic rings. The number of hydrogen-bond acceptors (Lipinski definition) is 4. The summed E-state index contributed by atoms with van der Waals surface area (Å²) in [4.78, 5) is 12.5. The summed E-state index contributed by atoms with van der Waals surface area (Å²) in [7, 11) is -1.91. The van der Waals surface area contributed by atoms with Gasteiger partial charge in [0.15, 0.2) is 0 Å². The van der Waals surface area contributed by atoms with Gasteiger partial charge in [0, 0.05) is 13.0 Å². The summed E-state index contributed by atoms with van der Waals surface area (Å²) < 4.78 is 31.9. The van der Waals surface area contributed by atoms with Crippen molar-refractivity contribution in [1.29, 1.82) is 0 Å². The zero-order chi connectivity index (χ0) is 19.9. The standard InChI is InChI=1S/C20H26N2O4S/c1-4-13-21-27(24,25)17-9-6-16(7-10-17)8-12-20(23)22-18-14-15(2)5-11-19(18)26-3/h5-7,9-11,14,21H,4,8,12-13H2,1-3H3,(H,22,23). The smallest absolute Gasteiger partial charge is 0.240 e. The molecule has 0 saturated heterocycles. The van der Waals surface area contributed by atoms with Gasteiger partial charge in [-0.3, -0.25) is 4.79 Å². The molecule has 0 bridgehead atoms. The lowest BCUT2D eigenvalue weighted by Crippen LogP contribution is -2.24. The highest BCUT2D eigenvalue weighted by molar-refractivity contribution is 7.89. The average Bonchev–Trinajstić information content (AvgIpc) is 2.65. The van der Waals surface area contributed by atoms with E-state index in [4.69, 9.17) is 4.74 Å². The molecule has 2 aromatic carbocycles. The second kappa shape index (κ2) is 9.53. The molecule has 27 heavy (non-hydrogen) atoms. The number of amides is 1. The summed E-state index contributed by atoms with van der Waals surface area (Å²) in [5.41, 5.74) is 2.57. The highest BCUT2D eigenvalue weighted by Gasteiger charge is 2.13. The fourth-order valence-corrected chi connectivity index (χ4v) is 3.68. The Hall–Kier alpha value is -2.38. The van der Waals surface area contributed by atoms with E-state index >= 15 is 0 Å². The van der Waals surface area contributed by atoms with Crippen molar-refractivity contribution in [2.24, 2.45) is 0 Å². The average molecular weight is 391 g/mol. The first-order chi connectivity index (χ1) is 12.9. The molecule has 0 aliphatic heterocycles. The molecule has 0 aliphatic rings. The molecule has 0 fully saturated rings. The molecule has 0 saturated carbocycles. The van der Waals surface area contributed by atoms with Crippen LogP contribution in [0.25, 0.3) is 0 Å². The topological polar surface area (TPSA) is 84.5 Å². The quantitative estimate of drug-likeness (QED) is 0.688. The maximum Gasteiger partial charge on any atom is 0.240 e. The fourth-order valence-electron chi connectivity index (χ4n) is 2.55. The SMILES string of the molecule is CCCNS(=O)(=O)c1ccc(CCC(=O)Nc2cc(C)ccc2OC)cc1. The number of carbonyl (C=O) groups excluding carboxylic acids is 1. The molecule has 0 aromatic heterocycles. The van der Waals surface area contributed by atoms with Crippen LogP contribution in [0.3, 0.4) is 0 Å². The third-order valence-corrected chi connectivity index (χ3v) is 5.52. The summed E-state index contributed by atoms with van der Waals surface area (Å²) in [5, 5.41) is 2.86. The summed E-state index contributed by atoms with van der Waals surface area (Å²) in [6.45, 7) is 4.26. The number of rotatable bonds is 9. The van der Waals surface area contributed by atoms with Gasteiger partial charge >= 0.3 is 0 Å². The van der Waals surface area contributed by atoms with Crippen LogP contribution in [0.2, 0.25) is 0 Å². The van der Waals surface area contributed by atoms with Gasteiger partial charge in [-0.2, -0.15) is 0 Å². The predicted molar refractivity (Wildman–Crippen MR) is 107 cm³/mol. The predicted octanol–water partition coefficient (Wildman–Crippen LogP) is 3.26. The van der Waals surface area contributed by atoms with Crippen LogP contribution in [-0.4, -0.2) is 28.0 Å². The van der Waals surface area contributed by atoms with Crippen molar-refractivity contribution in [3.05, 3.63) is 53.6 Å². The van der Waals surface area contributed by atoms with Crippen molar-refractivity contribution in [3.8, 4) is 5.75 Å². The zero-order valence-corrected chi connectivity index (χ0v) is 16.7. The monoisotopic (exact) mass is 390 g/mol. The van der Waals surface area contributed by atoms with Gasteiger partial charge in [-0.15, -0.1) is 0 Å². The fraction of sp³-hybridized carbons (Fsp3) is 0.350. The Labute approximate surface area is 161 Å². The molecule has 2 N–H and O–H groups in total. The van der Waals surface area contributed by atoms with Gasteiger partial charge in [0.2, 0.25) is 15.9 Å². The Morgan fingerprint density at radius 3 is 2.44 bits per heavy atom. The summed E-state index contributed by atoms with van der Waals surface area (Å²) in [5.74, 6) is 0.489. The number of anilines is 1. The van der Waals surface area contributed by atoms with Gasteiger partial charge in [-0.25, -0.2) is 13.1 Å². The van der Waals surface area contributed by atoms with E-state index in [-0.39, 0.29) is 17.2 Å². The molecular weight excluding hydrogens is 364 g/mol. The second-order valence-corrected chi connectivity index (χ2v) is 8.06. The minimum absolute atomic E-state index is 0.125. The first kappa shape index (κ1) is 20.9. The summed E-state index contributed by atoms with van der Waals surface area (Å²) in [6.07, 6.45) is 1.54. The number of ether oxygens (including phenoxy) is 1. The number of carbonyl (C=O) groups is 1. The molecule has 146 valence electrons. The molecule has 2 rings (SSSR count). The van der Waals surface area contributed by atoms with Crippen molar-refractivity contribution in [1.82, 2.24) is 4.72 Å². The number of nitrogens with one attached hydrogen (secondary N) is 2. The summed E-state index contributed by atoms with van der Waals surface area (Å²) >= 11 is 0. The van der Waals surface area contributed by atoms with Crippen LogP contribution in [0, 0.1) is 6.92 Å². The first-order valence-electron chi connectivity index (χ1n) is 8.89. The van der Waals surface area contributed by atoms with Crippen LogP contribution in [0.4, 0.5) is 5.69 Å². The Morgan fingerprint density at radius 1 is 1.11 bits per heavy atom. The molecule has 0 heterocycles. The minimum Gasteiger partial charge on any atom is -0.495 e. The van der Waals surface area contributed by atoms with Crippen molar-refractivity contribution >= 4 is 21.6 Å². The Kier molecular flexibility index (Phi) is 7.38. The summed E-state index contributed by atoms with van der Waals surface area (Å²) in [6, 6.07) is 12.2. The van der Waals surface area contributed by atoms with Gasteiger partial charge in [0.25, 0.3) is 0 Å². The first-order valence-corrected chi connectivity index (χ1v) is 10.4. The van der Waals surface area contributed by atoms with E-state index in [1.165, 1.54) is 0 Å². The lowest BCUT2D eigenvalue weighted by Gasteiger charge is -2.11. The molecule has 0 atom stereocenters. The lowest BCUT2D eigenvalue weighted by atomic mass is 10.1. The molecule has 0 spiro atoms. The number of methoxy groups -OCH3 is 1. The molecule has 0 unspecified atom stereocenters. The van der Waals surface area contributed by atoms with Crippen molar-refractivity contribution in [3.63, 3.8) is 0 Å². The highest BCUT2D eigenvalue weighted by atomic mass is 32.2. The van der Waals surface area contributed by atoms with Gasteiger partial charge in [0.1, 0.15) is 5.75 Å². The van der Waals surface area contributed by atoms with Crippen LogP contribution >= 0.6 is 0 Å². The number of aryl methyl sites for hydroxylation is 2. The Balaban J connectivity index is 1.95. The minimum atomic E-state index is -3.47. The third kappa shape index (κ3) is 6.08. The number of benzene rings is 2. The molecule has 0 aliphatic carbocycles. The largest absolute Gasteiger partial charge is 0.495 e. The van der Waals surface area contributed by atoms with Gasteiger partial charge in [-0.05, 0) is 55.2 Å². The van der Waals surface area contributed by atoms with E-state index in [0.29, 0.717) is 24.4 Å². The maximum atomic E-state index is 12.2. The number of hydrogen-bond donors (Lipinski definition) is 2. The van der Waals surface area contributed by atoms with E-state index in [1.807, 2.05) is 32.0 Å². The van der Waals surface area contributed by atoms with E-state index in [1.54, 1.807) is 31.4 Å². The Morgan fingerprint density at radius 2 is 1.81 bits per heavy atom. The molecule has 7 heteroatoms. The normalized spacial score (nSPS) is 11.2. The van der Waals surface area contributed by atoms with Crippen LogP contribution in [0.1, 0.15) is 30.9 Å². The third-order valence-electron chi connectivity index (χ3n) is 4.05. The zero-order valence-electron chi connectivity index (χ0n) is 15.9. The van der Waals surface area contributed by atoms with E-state index in [9.17, 15) is 13.2 Å². The van der Waals surface area contributed by atoms with Gasteiger partial charge in [0.05, 0.1) is 17.7 Å². The van der Waals surface area contributed by atoms with Gasteiger partial charge < -0.3 is 10.1 Å². The Bertz CT molecular complexity index is 877.